The molecule has 4 heteroatoms. The van der Waals surface area contributed by atoms with Crippen molar-refractivity contribution in [2.75, 3.05) is 6.54 Å². The minimum absolute atomic E-state index is 0.176. The highest BCUT2D eigenvalue weighted by molar-refractivity contribution is 9.10. The van der Waals surface area contributed by atoms with Gasteiger partial charge < -0.3 is 9.73 Å². The molecule has 1 atom stereocenters. The molecule has 1 unspecified atom stereocenters. The van der Waals surface area contributed by atoms with Gasteiger partial charge >= 0.3 is 0 Å². The standard InChI is InChI=1S/C16H19BrFNO/c1-3-16-13(7-8-20-16)15(19-4-2)9-11-5-6-12(18)10-14(11)17/h5-8,10,15,19H,3-4,9H2,1-2H3. The molecule has 0 aliphatic rings. The highest BCUT2D eigenvalue weighted by Gasteiger charge is 2.18. The maximum atomic E-state index is 13.2. The van der Waals surface area contributed by atoms with Gasteiger partial charge in [-0.1, -0.05) is 35.8 Å². The monoisotopic (exact) mass is 339 g/mol. The second-order valence-electron chi connectivity index (χ2n) is 4.70. The van der Waals surface area contributed by atoms with Crippen molar-refractivity contribution in [1.29, 1.82) is 0 Å². The second-order valence-corrected chi connectivity index (χ2v) is 5.56. The lowest BCUT2D eigenvalue weighted by Gasteiger charge is -2.19. The average Bonchev–Trinajstić information content (AvgIpc) is 2.89. The zero-order chi connectivity index (χ0) is 14.5. The summed E-state index contributed by atoms with van der Waals surface area (Å²) in [7, 11) is 0. The molecule has 0 spiro atoms. The molecule has 20 heavy (non-hydrogen) atoms. The van der Waals surface area contributed by atoms with Gasteiger partial charge in [-0.3, -0.25) is 0 Å². The number of furan rings is 1. The molecule has 2 nitrogen and oxygen atoms in total. The van der Waals surface area contributed by atoms with E-state index in [0.717, 1.165) is 35.2 Å². The lowest BCUT2D eigenvalue weighted by molar-refractivity contribution is 0.487. The van der Waals surface area contributed by atoms with Crippen molar-refractivity contribution < 1.29 is 8.81 Å². The Labute approximate surface area is 127 Å². The predicted octanol–water partition coefficient (Wildman–Crippen LogP) is 4.64. The van der Waals surface area contributed by atoms with Crippen molar-refractivity contribution in [2.45, 2.75) is 32.7 Å². The Morgan fingerprint density at radius 1 is 1.30 bits per heavy atom. The SMILES string of the molecule is CCNC(Cc1ccc(F)cc1Br)c1ccoc1CC. The largest absolute Gasteiger partial charge is 0.469 e. The van der Waals surface area contributed by atoms with Gasteiger partial charge in [-0.25, -0.2) is 4.39 Å². The summed E-state index contributed by atoms with van der Waals surface area (Å²) in [5, 5.41) is 3.48. The van der Waals surface area contributed by atoms with Crippen LogP contribution in [-0.4, -0.2) is 6.54 Å². The van der Waals surface area contributed by atoms with Crippen LogP contribution in [0, 0.1) is 5.82 Å². The van der Waals surface area contributed by atoms with Crippen LogP contribution in [0.3, 0.4) is 0 Å². The van der Waals surface area contributed by atoms with E-state index in [9.17, 15) is 4.39 Å². The Morgan fingerprint density at radius 2 is 2.10 bits per heavy atom. The summed E-state index contributed by atoms with van der Waals surface area (Å²) in [4.78, 5) is 0. The fourth-order valence-electron chi connectivity index (χ4n) is 2.39. The van der Waals surface area contributed by atoms with E-state index in [4.69, 9.17) is 4.42 Å². The molecule has 1 aromatic heterocycles. The number of halogens is 2. The van der Waals surface area contributed by atoms with Crippen molar-refractivity contribution in [3.63, 3.8) is 0 Å². The van der Waals surface area contributed by atoms with Gasteiger partial charge in [-0.15, -0.1) is 0 Å². The summed E-state index contributed by atoms with van der Waals surface area (Å²) in [5.74, 6) is 0.785. The first-order chi connectivity index (χ1) is 9.65. The van der Waals surface area contributed by atoms with E-state index in [-0.39, 0.29) is 11.9 Å². The minimum atomic E-state index is -0.224. The van der Waals surface area contributed by atoms with E-state index < -0.39 is 0 Å². The van der Waals surface area contributed by atoms with Crippen LogP contribution < -0.4 is 5.32 Å². The Hall–Kier alpha value is -1.13. The van der Waals surface area contributed by atoms with Crippen LogP contribution in [0.15, 0.2) is 39.4 Å². The zero-order valence-electron chi connectivity index (χ0n) is 11.7. The van der Waals surface area contributed by atoms with Crippen LogP contribution in [0.5, 0.6) is 0 Å². The van der Waals surface area contributed by atoms with E-state index >= 15 is 0 Å². The average molecular weight is 340 g/mol. The summed E-state index contributed by atoms with van der Waals surface area (Å²) in [6.07, 6.45) is 3.40. The molecule has 2 aromatic rings. The molecule has 0 bridgehead atoms. The maximum Gasteiger partial charge on any atom is 0.124 e. The number of benzene rings is 1. The Bertz CT molecular complexity index is 567. The summed E-state index contributed by atoms with van der Waals surface area (Å²) in [6, 6.07) is 7.03. The third-order valence-electron chi connectivity index (χ3n) is 3.37. The third-order valence-corrected chi connectivity index (χ3v) is 4.10. The molecule has 0 amide bonds. The van der Waals surface area contributed by atoms with Crippen LogP contribution in [-0.2, 0) is 12.8 Å². The summed E-state index contributed by atoms with van der Waals surface area (Å²) >= 11 is 3.43. The van der Waals surface area contributed by atoms with E-state index in [1.807, 2.05) is 12.1 Å². The van der Waals surface area contributed by atoms with E-state index in [1.54, 1.807) is 6.26 Å². The van der Waals surface area contributed by atoms with Gasteiger partial charge in [-0.2, -0.15) is 0 Å². The van der Waals surface area contributed by atoms with Crippen LogP contribution in [0.2, 0.25) is 0 Å². The number of nitrogens with one attached hydrogen (secondary N) is 1. The lowest BCUT2D eigenvalue weighted by Crippen LogP contribution is -2.23. The van der Waals surface area contributed by atoms with E-state index in [2.05, 4.69) is 35.1 Å². The molecule has 2 rings (SSSR count). The highest BCUT2D eigenvalue weighted by atomic mass is 79.9. The molecule has 108 valence electrons. The Kier molecular flexibility index (Phi) is 5.38. The van der Waals surface area contributed by atoms with Crippen LogP contribution in [0.4, 0.5) is 4.39 Å². The first kappa shape index (κ1) is 15.3. The number of likely N-dealkylation sites (N-methyl/N-ethyl adjacent to an activating group) is 1. The molecule has 0 aliphatic heterocycles. The number of aryl methyl sites for hydroxylation is 1. The normalized spacial score (nSPS) is 12.6. The summed E-state index contributed by atoms with van der Waals surface area (Å²) in [5.41, 5.74) is 2.27. The summed E-state index contributed by atoms with van der Waals surface area (Å²) in [6.45, 7) is 5.04. The predicted molar refractivity (Wildman–Crippen MR) is 82.3 cm³/mol. The Balaban J connectivity index is 2.25. The molecular weight excluding hydrogens is 321 g/mol. The smallest absolute Gasteiger partial charge is 0.124 e. The fourth-order valence-corrected chi connectivity index (χ4v) is 2.91. The lowest BCUT2D eigenvalue weighted by atomic mass is 9.98. The summed E-state index contributed by atoms with van der Waals surface area (Å²) < 4.78 is 19.5. The van der Waals surface area contributed by atoms with Crippen molar-refractivity contribution in [3.8, 4) is 0 Å². The van der Waals surface area contributed by atoms with E-state index in [0.29, 0.717) is 0 Å². The first-order valence-electron chi connectivity index (χ1n) is 6.89. The molecule has 0 saturated heterocycles. The van der Waals surface area contributed by atoms with E-state index in [1.165, 1.54) is 17.7 Å². The van der Waals surface area contributed by atoms with Crippen LogP contribution in [0.1, 0.15) is 36.8 Å². The van der Waals surface area contributed by atoms with Gasteiger partial charge in [-0.05, 0) is 36.7 Å². The van der Waals surface area contributed by atoms with Gasteiger partial charge in [0, 0.05) is 22.5 Å². The van der Waals surface area contributed by atoms with Gasteiger partial charge in [0.25, 0.3) is 0 Å². The first-order valence-corrected chi connectivity index (χ1v) is 7.68. The topological polar surface area (TPSA) is 25.2 Å². The zero-order valence-corrected chi connectivity index (χ0v) is 13.3. The molecular formula is C16H19BrFNO. The van der Waals surface area contributed by atoms with Crippen molar-refractivity contribution in [2.24, 2.45) is 0 Å². The number of hydrogen-bond acceptors (Lipinski definition) is 2. The van der Waals surface area contributed by atoms with Gasteiger partial charge in [0.05, 0.1) is 6.26 Å². The number of rotatable bonds is 6. The fraction of sp³-hybridized carbons (Fsp3) is 0.375. The third kappa shape index (κ3) is 3.49. The molecule has 0 fully saturated rings. The quantitative estimate of drug-likeness (QED) is 0.829. The van der Waals surface area contributed by atoms with Crippen LogP contribution in [0.25, 0.3) is 0 Å². The van der Waals surface area contributed by atoms with Crippen molar-refractivity contribution >= 4 is 15.9 Å². The molecule has 0 radical (unpaired) electrons. The molecule has 0 saturated carbocycles. The molecule has 1 N–H and O–H groups in total. The minimum Gasteiger partial charge on any atom is -0.469 e. The van der Waals surface area contributed by atoms with Crippen molar-refractivity contribution in [1.82, 2.24) is 5.32 Å². The Morgan fingerprint density at radius 3 is 2.75 bits per heavy atom. The van der Waals surface area contributed by atoms with Gasteiger partial charge in [0.1, 0.15) is 11.6 Å². The second kappa shape index (κ2) is 7.04. The maximum absolute atomic E-state index is 13.2. The highest BCUT2D eigenvalue weighted by Crippen LogP contribution is 2.27. The van der Waals surface area contributed by atoms with Gasteiger partial charge in [0.2, 0.25) is 0 Å². The van der Waals surface area contributed by atoms with Gasteiger partial charge in [0.15, 0.2) is 0 Å². The molecule has 1 heterocycles. The van der Waals surface area contributed by atoms with Crippen molar-refractivity contribution in [3.05, 3.63) is 57.7 Å². The van der Waals surface area contributed by atoms with Crippen LogP contribution >= 0.6 is 15.9 Å². The molecule has 0 aliphatic carbocycles. The number of hydrogen-bond donors (Lipinski definition) is 1. The molecule has 1 aromatic carbocycles.